The van der Waals surface area contributed by atoms with Gasteiger partial charge in [0.05, 0.1) is 36.7 Å². The van der Waals surface area contributed by atoms with Crippen molar-refractivity contribution in [2.45, 2.75) is 44.1 Å². The smallest absolute Gasteiger partial charge is 0.271 e. The number of benzene rings is 1. The van der Waals surface area contributed by atoms with E-state index in [2.05, 4.69) is 15.6 Å². The number of carbonyl (C=O) groups excluding carboxylic acids is 3. The van der Waals surface area contributed by atoms with Crippen LogP contribution in [-0.2, 0) is 27.5 Å². The number of furan rings is 1. The van der Waals surface area contributed by atoms with Gasteiger partial charge in [-0.2, -0.15) is 4.99 Å². The molecule has 11 heteroatoms. The summed E-state index contributed by atoms with van der Waals surface area (Å²) >= 11 is 2.82. The number of hydrogen-bond donors (Lipinski definition) is 2. The van der Waals surface area contributed by atoms with E-state index in [9.17, 15) is 14.4 Å². The lowest BCUT2D eigenvalue weighted by Gasteiger charge is -2.32. The Labute approximate surface area is 222 Å². The summed E-state index contributed by atoms with van der Waals surface area (Å²) < 4.78 is 5.31. The number of rotatable bonds is 9. The third kappa shape index (κ3) is 5.52. The second-order valence-corrected chi connectivity index (χ2v) is 10.6. The number of amides is 3. The molecule has 2 unspecified atom stereocenters. The lowest BCUT2D eigenvalue weighted by Crippen LogP contribution is -2.47. The molecule has 4 heterocycles. The van der Waals surface area contributed by atoms with Crippen LogP contribution in [0.1, 0.15) is 36.0 Å². The fraction of sp³-hybridized carbons (Fsp3) is 0.269. The van der Waals surface area contributed by atoms with Crippen molar-refractivity contribution in [3.8, 4) is 0 Å². The van der Waals surface area contributed by atoms with Gasteiger partial charge in [0.2, 0.25) is 11.8 Å². The Balaban J connectivity index is 1.35. The minimum absolute atomic E-state index is 0.0690. The van der Waals surface area contributed by atoms with Gasteiger partial charge in [-0.3, -0.25) is 19.3 Å². The molecule has 2 aromatic heterocycles. The highest BCUT2D eigenvalue weighted by Gasteiger charge is 2.43. The van der Waals surface area contributed by atoms with Gasteiger partial charge in [-0.25, -0.2) is 4.99 Å². The van der Waals surface area contributed by atoms with E-state index in [1.165, 1.54) is 11.8 Å². The number of nitrogens with one attached hydrogen (secondary N) is 2. The summed E-state index contributed by atoms with van der Waals surface area (Å²) in [4.78, 5) is 50.7. The Morgan fingerprint density at radius 2 is 1.97 bits per heavy atom. The highest BCUT2D eigenvalue weighted by Crippen LogP contribution is 2.36. The molecule has 3 amide bonds. The Bertz CT molecular complexity index is 1350. The molecular weight excluding hydrogens is 510 g/mol. The lowest BCUT2D eigenvalue weighted by atomic mass is 10.1. The van der Waals surface area contributed by atoms with Gasteiger partial charge in [0.1, 0.15) is 17.6 Å². The van der Waals surface area contributed by atoms with E-state index in [1.807, 2.05) is 48.7 Å². The molecule has 0 aliphatic carbocycles. The second kappa shape index (κ2) is 11.1. The van der Waals surface area contributed by atoms with Crippen molar-refractivity contribution >= 4 is 57.5 Å². The van der Waals surface area contributed by atoms with Crippen LogP contribution in [0, 0.1) is 0 Å². The monoisotopic (exact) mass is 535 g/mol. The number of hydrogen-bond acceptors (Lipinski definition) is 8. The van der Waals surface area contributed by atoms with E-state index in [4.69, 9.17) is 9.41 Å². The van der Waals surface area contributed by atoms with Gasteiger partial charge in [-0.15, -0.1) is 11.3 Å². The fourth-order valence-corrected chi connectivity index (χ4v) is 5.82. The molecule has 0 saturated heterocycles. The van der Waals surface area contributed by atoms with Gasteiger partial charge in [0.25, 0.3) is 5.91 Å². The molecule has 37 heavy (non-hydrogen) atoms. The van der Waals surface area contributed by atoms with Gasteiger partial charge in [-0.05, 0) is 42.1 Å². The number of aliphatic imine (C=N–C) groups is 2. The molecule has 0 saturated carbocycles. The minimum atomic E-state index is -0.832. The molecule has 1 aromatic carbocycles. The van der Waals surface area contributed by atoms with Gasteiger partial charge in [0.15, 0.2) is 5.17 Å². The molecule has 2 atom stereocenters. The zero-order valence-electron chi connectivity index (χ0n) is 20.0. The van der Waals surface area contributed by atoms with E-state index >= 15 is 0 Å². The highest BCUT2D eigenvalue weighted by atomic mass is 32.2. The quantitative estimate of drug-likeness (QED) is 0.430. The Morgan fingerprint density at radius 1 is 1.11 bits per heavy atom. The van der Waals surface area contributed by atoms with Crippen LogP contribution in [-0.4, -0.2) is 44.9 Å². The normalized spacial score (nSPS) is 16.9. The number of fused-ring (bicyclic) bond motifs is 3. The molecule has 3 aromatic rings. The second-order valence-electron chi connectivity index (χ2n) is 8.44. The van der Waals surface area contributed by atoms with Gasteiger partial charge < -0.3 is 15.1 Å². The maximum Gasteiger partial charge on any atom is 0.271 e. The average molecular weight is 536 g/mol. The summed E-state index contributed by atoms with van der Waals surface area (Å²) in [7, 11) is 0. The average Bonchev–Trinajstić information content (AvgIpc) is 3.67. The molecule has 2 N–H and O–H groups in total. The van der Waals surface area contributed by atoms with Crippen molar-refractivity contribution in [1.82, 2.24) is 15.5 Å². The summed E-state index contributed by atoms with van der Waals surface area (Å²) in [6, 6.07) is 14.0. The topological polar surface area (TPSA) is 116 Å². The number of para-hydroxylation sites is 1. The minimum Gasteiger partial charge on any atom is -0.467 e. The molecule has 0 bridgehead atoms. The van der Waals surface area contributed by atoms with E-state index in [0.29, 0.717) is 35.4 Å². The standard InChI is InChI=1S/C26H25N5O4S2/c1-2-21(25(34)28-14-16-7-5-11-35-16)37-26-29-19-10-4-3-9-18(19)23-30-24(33)20(31(23)26)13-22(32)27-15-17-8-6-12-36-17/h3-12,20-21H,2,13-15H2,1H3,(H,27,32)(H,28,34). The number of carbonyl (C=O) groups is 3. The maximum absolute atomic E-state index is 13.0. The number of thiophene rings is 1. The predicted octanol–water partition coefficient (Wildman–Crippen LogP) is 3.83. The first-order valence-corrected chi connectivity index (χ1v) is 13.6. The van der Waals surface area contributed by atoms with Crippen molar-refractivity contribution in [3.63, 3.8) is 0 Å². The summed E-state index contributed by atoms with van der Waals surface area (Å²) in [5.74, 6) is 0.293. The zero-order chi connectivity index (χ0) is 25.8. The first kappa shape index (κ1) is 25.0. The Hall–Kier alpha value is -3.70. The Kier molecular flexibility index (Phi) is 7.52. The summed E-state index contributed by atoms with van der Waals surface area (Å²) in [5.41, 5.74) is 1.39. The Morgan fingerprint density at radius 3 is 2.73 bits per heavy atom. The summed E-state index contributed by atoms with van der Waals surface area (Å²) in [5, 5.41) is 7.73. The first-order chi connectivity index (χ1) is 18.0. The molecule has 9 nitrogen and oxygen atoms in total. The van der Waals surface area contributed by atoms with Crippen LogP contribution in [0.2, 0.25) is 0 Å². The molecule has 0 fully saturated rings. The lowest BCUT2D eigenvalue weighted by molar-refractivity contribution is -0.126. The summed E-state index contributed by atoms with van der Waals surface area (Å²) in [6.07, 6.45) is 2.03. The molecule has 2 aliphatic heterocycles. The zero-order valence-corrected chi connectivity index (χ0v) is 21.7. The van der Waals surface area contributed by atoms with Gasteiger partial charge in [-0.1, -0.05) is 36.9 Å². The van der Waals surface area contributed by atoms with E-state index < -0.39 is 17.2 Å². The fourth-order valence-electron chi connectivity index (χ4n) is 4.08. The highest BCUT2D eigenvalue weighted by molar-refractivity contribution is 8.15. The van der Waals surface area contributed by atoms with Crippen molar-refractivity contribution in [3.05, 3.63) is 76.4 Å². The largest absolute Gasteiger partial charge is 0.467 e. The van der Waals surface area contributed by atoms with E-state index in [1.54, 1.807) is 34.6 Å². The molecule has 0 radical (unpaired) electrons. The maximum atomic E-state index is 13.0. The van der Waals surface area contributed by atoms with Crippen molar-refractivity contribution in [2.75, 3.05) is 0 Å². The van der Waals surface area contributed by atoms with Crippen LogP contribution in [0.5, 0.6) is 0 Å². The van der Waals surface area contributed by atoms with Crippen LogP contribution in [0.25, 0.3) is 0 Å². The van der Waals surface area contributed by atoms with Crippen LogP contribution in [0.3, 0.4) is 0 Å². The van der Waals surface area contributed by atoms with Crippen molar-refractivity contribution < 1.29 is 18.8 Å². The van der Waals surface area contributed by atoms with E-state index in [0.717, 1.165) is 10.4 Å². The van der Waals surface area contributed by atoms with Crippen LogP contribution in [0.15, 0.2) is 74.6 Å². The third-order valence-corrected chi connectivity index (χ3v) is 8.16. The van der Waals surface area contributed by atoms with E-state index in [-0.39, 0.29) is 24.8 Å². The van der Waals surface area contributed by atoms with Gasteiger partial charge in [0, 0.05) is 10.4 Å². The third-order valence-electron chi connectivity index (χ3n) is 5.95. The van der Waals surface area contributed by atoms with Crippen LogP contribution < -0.4 is 10.6 Å². The molecule has 2 aliphatic rings. The number of thioether (sulfide) groups is 1. The molecular formula is C26H25N5O4S2. The molecule has 0 spiro atoms. The summed E-state index contributed by atoms with van der Waals surface area (Å²) in [6.45, 7) is 2.60. The van der Waals surface area contributed by atoms with Gasteiger partial charge >= 0.3 is 0 Å². The first-order valence-electron chi connectivity index (χ1n) is 11.9. The molecule has 190 valence electrons. The van der Waals surface area contributed by atoms with Crippen molar-refractivity contribution in [1.29, 1.82) is 0 Å². The van der Waals surface area contributed by atoms with Crippen molar-refractivity contribution in [2.24, 2.45) is 9.98 Å². The number of amidine groups is 2. The predicted molar refractivity (Wildman–Crippen MR) is 144 cm³/mol. The van der Waals surface area contributed by atoms with Crippen LogP contribution >= 0.6 is 23.1 Å². The number of nitrogens with zero attached hydrogens (tertiary/aromatic N) is 3. The molecule has 5 rings (SSSR count). The SMILES string of the molecule is CCC(SC1=Nc2ccccc2C2=NC(=O)C(CC(=O)NCc3cccs3)N12)C(=O)NCc1ccco1. The van der Waals surface area contributed by atoms with Crippen LogP contribution in [0.4, 0.5) is 5.69 Å².